The number of benzene rings is 3. The van der Waals surface area contributed by atoms with Gasteiger partial charge in [0.2, 0.25) is 5.91 Å². The molecule has 0 spiro atoms. The summed E-state index contributed by atoms with van der Waals surface area (Å²) in [6.07, 6.45) is 2.04. The van der Waals surface area contributed by atoms with Crippen LogP contribution in [0.15, 0.2) is 72.9 Å². The molecule has 0 fully saturated rings. The quantitative estimate of drug-likeness (QED) is 0.549. The van der Waals surface area contributed by atoms with Crippen LogP contribution in [0, 0.1) is 0 Å². The second kappa shape index (κ2) is 7.46. The summed E-state index contributed by atoms with van der Waals surface area (Å²) in [6, 6.07) is 21.7. The first kappa shape index (κ1) is 17.0. The number of aromatic nitrogens is 1. The van der Waals surface area contributed by atoms with E-state index in [4.69, 9.17) is 4.74 Å². The van der Waals surface area contributed by atoms with Gasteiger partial charge >= 0.3 is 0 Å². The van der Waals surface area contributed by atoms with Gasteiger partial charge in [0.15, 0.2) is 0 Å². The molecule has 4 rings (SSSR count). The smallest absolute Gasteiger partial charge is 0.228 e. The number of nitrogens with zero attached hydrogens (tertiary/aromatic N) is 1. The highest BCUT2D eigenvalue weighted by Crippen LogP contribution is 2.30. The van der Waals surface area contributed by atoms with E-state index < -0.39 is 0 Å². The molecule has 0 saturated carbocycles. The number of rotatable bonds is 5. The Morgan fingerprint density at radius 3 is 2.67 bits per heavy atom. The van der Waals surface area contributed by atoms with E-state index in [0.717, 1.165) is 38.7 Å². The fourth-order valence-electron chi connectivity index (χ4n) is 3.34. The fraction of sp³-hybridized carbons (Fsp3) is 0.130. The maximum Gasteiger partial charge on any atom is 0.228 e. The van der Waals surface area contributed by atoms with Crippen molar-refractivity contribution in [2.45, 2.75) is 13.3 Å². The molecule has 3 aromatic carbocycles. The Kier molecular flexibility index (Phi) is 4.71. The number of nitrogens with one attached hydrogen (secondary N) is 1. The maximum absolute atomic E-state index is 12.7. The van der Waals surface area contributed by atoms with Crippen LogP contribution >= 0.6 is 0 Å². The number of ether oxygens (including phenoxy) is 1. The Balaban J connectivity index is 1.62. The average Bonchev–Trinajstić information content (AvgIpc) is 2.70. The molecule has 0 saturated heterocycles. The van der Waals surface area contributed by atoms with Crippen LogP contribution in [0.25, 0.3) is 21.7 Å². The zero-order valence-electron chi connectivity index (χ0n) is 15.1. The van der Waals surface area contributed by atoms with E-state index >= 15 is 0 Å². The lowest BCUT2D eigenvalue weighted by molar-refractivity contribution is -0.115. The molecule has 0 unspecified atom stereocenters. The van der Waals surface area contributed by atoms with E-state index in [1.54, 1.807) is 6.20 Å². The molecule has 0 aliphatic carbocycles. The predicted octanol–water partition coefficient (Wildman–Crippen LogP) is 4.97. The predicted molar refractivity (Wildman–Crippen MR) is 109 cm³/mol. The average molecular weight is 356 g/mol. The van der Waals surface area contributed by atoms with Crippen molar-refractivity contribution in [2.24, 2.45) is 0 Å². The van der Waals surface area contributed by atoms with Crippen LogP contribution < -0.4 is 10.1 Å². The van der Waals surface area contributed by atoms with Crippen molar-refractivity contribution in [2.75, 3.05) is 11.9 Å². The molecule has 0 aliphatic heterocycles. The van der Waals surface area contributed by atoms with Crippen molar-refractivity contribution < 1.29 is 9.53 Å². The standard InChI is InChI=1S/C23H20N2O2/c1-2-27-21-13-12-20(19-11-6-14-24-23(19)21)25-22(26)15-17-9-5-8-16-7-3-4-10-18(16)17/h3-14H,2,15H2,1H3,(H,25,26). The van der Waals surface area contributed by atoms with Crippen molar-refractivity contribution >= 4 is 33.3 Å². The van der Waals surface area contributed by atoms with Gasteiger partial charge in [-0.1, -0.05) is 42.5 Å². The molecule has 0 aliphatic rings. The van der Waals surface area contributed by atoms with Gasteiger partial charge in [0, 0.05) is 11.6 Å². The van der Waals surface area contributed by atoms with Crippen molar-refractivity contribution in [3.05, 3.63) is 78.5 Å². The van der Waals surface area contributed by atoms with Gasteiger partial charge in [0.25, 0.3) is 0 Å². The lowest BCUT2D eigenvalue weighted by Gasteiger charge is -2.12. The second-order valence-electron chi connectivity index (χ2n) is 6.31. The molecular formula is C23H20N2O2. The van der Waals surface area contributed by atoms with Crippen LogP contribution in [-0.4, -0.2) is 17.5 Å². The van der Waals surface area contributed by atoms with Gasteiger partial charge in [-0.15, -0.1) is 0 Å². The summed E-state index contributed by atoms with van der Waals surface area (Å²) in [5, 5.41) is 6.15. The normalized spacial score (nSPS) is 10.9. The first-order valence-electron chi connectivity index (χ1n) is 9.03. The topological polar surface area (TPSA) is 51.2 Å². The van der Waals surface area contributed by atoms with Gasteiger partial charge in [0.1, 0.15) is 11.3 Å². The van der Waals surface area contributed by atoms with E-state index in [-0.39, 0.29) is 5.91 Å². The van der Waals surface area contributed by atoms with Crippen LogP contribution in [-0.2, 0) is 11.2 Å². The molecule has 1 heterocycles. The molecule has 1 amide bonds. The van der Waals surface area contributed by atoms with Crippen molar-refractivity contribution in [1.29, 1.82) is 0 Å². The molecule has 4 aromatic rings. The zero-order valence-corrected chi connectivity index (χ0v) is 15.1. The van der Waals surface area contributed by atoms with Crippen LogP contribution in [0.2, 0.25) is 0 Å². The third-order valence-electron chi connectivity index (χ3n) is 4.54. The summed E-state index contributed by atoms with van der Waals surface area (Å²) in [4.78, 5) is 17.1. The van der Waals surface area contributed by atoms with E-state index in [0.29, 0.717) is 13.0 Å². The molecule has 27 heavy (non-hydrogen) atoms. The minimum absolute atomic E-state index is 0.0549. The molecule has 0 atom stereocenters. The Morgan fingerprint density at radius 1 is 0.963 bits per heavy atom. The van der Waals surface area contributed by atoms with Crippen molar-refractivity contribution in [3.63, 3.8) is 0 Å². The van der Waals surface area contributed by atoms with Crippen molar-refractivity contribution in [3.8, 4) is 5.75 Å². The number of amides is 1. The van der Waals surface area contributed by atoms with Crippen molar-refractivity contribution in [1.82, 2.24) is 4.98 Å². The Hall–Kier alpha value is -3.40. The molecule has 134 valence electrons. The lowest BCUT2D eigenvalue weighted by atomic mass is 10.0. The second-order valence-corrected chi connectivity index (χ2v) is 6.31. The highest BCUT2D eigenvalue weighted by molar-refractivity contribution is 6.04. The molecule has 4 nitrogen and oxygen atoms in total. The van der Waals surface area contributed by atoms with Gasteiger partial charge in [-0.3, -0.25) is 9.78 Å². The largest absolute Gasteiger partial charge is 0.492 e. The number of anilines is 1. The van der Waals surface area contributed by atoms with Gasteiger partial charge in [-0.2, -0.15) is 0 Å². The number of hydrogen-bond acceptors (Lipinski definition) is 3. The maximum atomic E-state index is 12.7. The number of hydrogen-bond donors (Lipinski definition) is 1. The number of carbonyl (C=O) groups excluding carboxylic acids is 1. The van der Waals surface area contributed by atoms with Crippen LogP contribution in [0.4, 0.5) is 5.69 Å². The molecule has 1 N–H and O–H groups in total. The molecule has 4 heteroatoms. The van der Waals surface area contributed by atoms with E-state index in [2.05, 4.69) is 22.4 Å². The van der Waals surface area contributed by atoms with Gasteiger partial charge in [0.05, 0.1) is 18.7 Å². The summed E-state index contributed by atoms with van der Waals surface area (Å²) in [7, 11) is 0. The molecule has 1 aromatic heterocycles. The first-order valence-corrected chi connectivity index (χ1v) is 9.03. The van der Waals surface area contributed by atoms with Gasteiger partial charge < -0.3 is 10.1 Å². The number of pyridine rings is 1. The summed E-state index contributed by atoms with van der Waals surface area (Å²) >= 11 is 0. The monoisotopic (exact) mass is 356 g/mol. The minimum Gasteiger partial charge on any atom is -0.492 e. The highest BCUT2D eigenvalue weighted by Gasteiger charge is 2.12. The van der Waals surface area contributed by atoms with E-state index in [1.165, 1.54) is 0 Å². The van der Waals surface area contributed by atoms with Crippen LogP contribution in [0.3, 0.4) is 0 Å². The minimum atomic E-state index is -0.0549. The molecule has 0 radical (unpaired) electrons. The van der Waals surface area contributed by atoms with Gasteiger partial charge in [-0.25, -0.2) is 0 Å². The summed E-state index contributed by atoms with van der Waals surface area (Å²) in [5.41, 5.74) is 2.51. The Labute approximate surface area is 157 Å². The number of fused-ring (bicyclic) bond motifs is 2. The Bertz CT molecular complexity index is 1120. The van der Waals surface area contributed by atoms with E-state index in [1.807, 2.05) is 61.5 Å². The summed E-state index contributed by atoms with van der Waals surface area (Å²) in [6.45, 7) is 2.51. The van der Waals surface area contributed by atoms with Crippen LogP contribution in [0.5, 0.6) is 5.75 Å². The number of carbonyl (C=O) groups is 1. The third-order valence-corrected chi connectivity index (χ3v) is 4.54. The summed E-state index contributed by atoms with van der Waals surface area (Å²) < 4.78 is 5.65. The molecular weight excluding hydrogens is 336 g/mol. The zero-order chi connectivity index (χ0) is 18.6. The SMILES string of the molecule is CCOc1ccc(NC(=O)Cc2cccc3ccccc23)c2cccnc12. The molecule has 0 bridgehead atoms. The van der Waals surface area contributed by atoms with Crippen LogP contribution in [0.1, 0.15) is 12.5 Å². The lowest BCUT2D eigenvalue weighted by Crippen LogP contribution is -2.15. The fourth-order valence-corrected chi connectivity index (χ4v) is 3.34. The van der Waals surface area contributed by atoms with E-state index in [9.17, 15) is 4.79 Å². The summed E-state index contributed by atoms with van der Waals surface area (Å²) in [5.74, 6) is 0.667. The third kappa shape index (κ3) is 3.47. The van der Waals surface area contributed by atoms with Gasteiger partial charge in [-0.05, 0) is 47.5 Å². The first-order chi connectivity index (χ1) is 13.3. The Morgan fingerprint density at radius 2 is 1.78 bits per heavy atom. The highest BCUT2D eigenvalue weighted by atomic mass is 16.5.